The normalized spacial score (nSPS) is 15.8. The van der Waals surface area contributed by atoms with Crippen LogP contribution in [0, 0.1) is 0 Å². The van der Waals surface area contributed by atoms with Gasteiger partial charge in [-0.2, -0.15) is 5.10 Å². The molecule has 1 N–H and O–H groups in total. The van der Waals surface area contributed by atoms with Crippen molar-refractivity contribution in [2.45, 2.75) is 12.5 Å². The van der Waals surface area contributed by atoms with Crippen LogP contribution in [-0.2, 0) is 9.53 Å². The minimum atomic E-state index is -0.443. The molecule has 3 amide bonds. The maximum absolute atomic E-state index is 13.7. The molecule has 0 fully saturated rings. The summed E-state index contributed by atoms with van der Waals surface area (Å²) in [7, 11) is 3.08. The second-order valence-electron chi connectivity index (χ2n) is 8.64. The number of rotatable bonds is 9. The number of amides is 3. The zero-order valence-corrected chi connectivity index (χ0v) is 21.9. The summed E-state index contributed by atoms with van der Waals surface area (Å²) in [6.07, 6.45) is 0.539. The molecule has 5 rings (SSSR count). The Morgan fingerprint density at radius 3 is 2.76 bits per heavy atom. The lowest BCUT2D eigenvalue weighted by Crippen LogP contribution is -2.44. The third-order valence-corrected chi connectivity index (χ3v) is 7.20. The number of carbonyl (C=O) groups excluding carboxylic acids is 2. The quantitative estimate of drug-likeness (QED) is 0.437. The first-order chi connectivity index (χ1) is 18.6. The van der Waals surface area contributed by atoms with Crippen LogP contribution in [0.1, 0.15) is 22.9 Å². The van der Waals surface area contributed by atoms with Gasteiger partial charge in [-0.05, 0) is 41.3 Å². The topological polar surface area (TPSA) is 102 Å². The van der Waals surface area contributed by atoms with Crippen molar-refractivity contribution >= 4 is 34.7 Å². The highest BCUT2D eigenvalue weighted by Crippen LogP contribution is 2.39. The van der Waals surface area contributed by atoms with E-state index in [1.807, 2.05) is 41.8 Å². The van der Waals surface area contributed by atoms with E-state index in [0.717, 1.165) is 16.2 Å². The lowest BCUT2D eigenvalue weighted by Gasteiger charge is -2.27. The van der Waals surface area contributed by atoms with Crippen LogP contribution in [-0.4, -0.2) is 68.3 Å². The van der Waals surface area contributed by atoms with Crippen molar-refractivity contribution in [3.05, 3.63) is 70.4 Å². The number of fused-ring (bicyclic) bond motifs is 1. The molecule has 0 aliphatic carbocycles. The van der Waals surface area contributed by atoms with E-state index >= 15 is 0 Å². The molecule has 38 heavy (non-hydrogen) atoms. The van der Waals surface area contributed by atoms with Crippen LogP contribution < -0.4 is 19.5 Å². The number of hydrogen-bond donors (Lipinski definition) is 1. The Morgan fingerprint density at radius 2 is 1.97 bits per heavy atom. The predicted octanol–water partition coefficient (Wildman–Crippen LogP) is 4.34. The number of thiophene rings is 1. The maximum Gasteiger partial charge on any atom is 0.322 e. The van der Waals surface area contributed by atoms with Crippen LogP contribution in [0.25, 0.3) is 0 Å². The minimum Gasteiger partial charge on any atom is -0.495 e. The molecular formula is C27H28N4O6S. The zero-order valence-electron chi connectivity index (χ0n) is 21.1. The third kappa shape index (κ3) is 5.43. The van der Waals surface area contributed by atoms with E-state index in [2.05, 4.69) is 5.32 Å². The summed E-state index contributed by atoms with van der Waals surface area (Å²) >= 11 is 1.57. The lowest BCUT2D eigenvalue weighted by molar-refractivity contribution is -0.133. The van der Waals surface area contributed by atoms with Gasteiger partial charge < -0.3 is 29.2 Å². The molecule has 1 aromatic heterocycles. The molecule has 2 aliphatic heterocycles. The fourth-order valence-corrected chi connectivity index (χ4v) is 5.06. The van der Waals surface area contributed by atoms with Crippen molar-refractivity contribution in [2.24, 2.45) is 5.10 Å². The van der Waals surface area contributed by atoms with E-state index in [1.54, 1.807) is 36.6 Å². The number of nitrogens with one attached hydrogen (secondary N) is 1. The Balaban J connectivity index is 1.39. The highest BCUT2D eigenvalue weighted by Gasteiger charge is 2.35. The van der Waals surface area contributed by atoms with Gasteiger partial charge in [-0.15, -0.1) is 11.3 Å². The molecule has 3 heterocycles. The number of anilines is 1. The van der Waals surface area contributed by atoms with Crippen LogP contribution >= 0.6 is 11.3 Å². The molecule has 2 aliphatic rings. The van der Waals surface area contributed by atoms with E-state index in [4.69, 9.17) is 24.0 Å². The van der Waals surface area contributed by atoms with Gasteiger partial charge in [-0.1, -0.05) is 24.3 Å². The van der Waals surface area contributed by atoms with Crippen LogP contribution in [0.4, 0.5) is 10.5 Å². The summed E-state index contributed by atoms with van der Waals surface area (Å²) in [6.45, 7) is 0.459. The summed E-state index contributed by atoms with van der Waals surface area (Å²) < 4.78 is 21.6. The average molecular weight is 537 g/mol. The Kier molecular flexibility index (Phi) is 7.75. The average Bonchev–Trinajstić information content (AvgIpc) is 3.71. The maximum atomic E-state index is 13.7. The van der Waals surface area contributed by atoms with Crippen molar-refractivity contribution in [2.75, 3.05) is 46.0 Å². The van der Waals surface area contributed by atoms with E-state index in [9.17, 15) is 9.59 Å². The van der Waals surface area contributed by atoms with Crippen molar-refractivity contribution in [1.82, 2.24) is 9.91 Å². The fourth-order valence-electron chi connectivity index (χ4n) is 4.34. The molecule has 0 saturated carbocycles. The number of benzene rings is 2. The second-order valence-corrected chi connectivity index (χ2v) is 9.59. The Morgan fingerprint density at radius 1 is 1.13 bits per heavy atom. The lowest BCUT2D eigenvalue weighted by atomic mass is 10.0. The number of urea groups is 1. The Labute approximate surface area is 224 Å². The van der Waals surface area contributed by atoms with E-state index in [-0.39, 0.29) is 38.4 Å². The molecule has 3 aromatic rings. The summed E-state index contributed by atoms with van der Waals surface area (Å²) in [5.74, 6) is 1.51. The zero-order chi connectivity index (χ0) is 26.5. The largest absolute Gasteiger partial charge is 0.495 e. The molecule has 2 aromatic carbocycles. The third-order valence-electron chi connectivity index (χ3n) is 6.28. The van der Waals surface area contributed by atoms with Gasteiger partial charge in [-0.3, -0.25) is 4.79 Å². The van der Waals surface area contributed by atoms with Gasteiger partial charge in [-0.25, -0.2) is 9.80 Å². The van der Waals surface area contributed by atoms with E-state index < -0.39 is 6.03 Å². The van der Waals surface area contributed by atoms with E-state index in [1.165, 1.54) is 17.0 Å². The number of carbonyl (C=O) groups is 2. The highest BCUT2D eigenvalue weighted by molar-refractivity contribution is 7.12. The SMILES string of the molecule is COCCN(CC(=O)N1N=C(c2cccs2)C[C@H]1c1ccc2c(c1)OCO2)C(=O)Nc1ccccc1OC. The molecule has 0 radical (unpaired) electrons. The molecule has 0 spiro atoms. The van der Waals surface area contributed by atoms with Crippen molar-refractivity contribution in [1.29, 1.82) is 0 Å². The summed E-state index contributed by atoms with van der Waals surface area (Å²) in [6, 6.07) is 15.9. The summed E-state index contributed by atoms with van der Waals surface area (Å²) in [5, 5.41) is 11.0. The van der Waals surface area contributed by atoms with Crippen molar-refractivity contribution in [3.63, 3.8) is 0 Å². The number of para-hydroxylation sites is 2. The first-order valence-electron chi connectivity index (χ1n) is 12.1. The standard InChI is InChI=1S/C27H28N4O6S/c1-34-12-11-30(27(33)28-19-6-3-4-7-22(19)35-2)16-26(32)31-21(15-20(29-31)25-8-5-13-38-25)18-9-10-23-24(14-18)37-17-36-23/h3-10,13-14,21H,11-12,15-17H2,1-2H3,(H,28,33)/t21-/m0/s1. The highest BCUT2D eigenvalue weighted by atomic mass is 32.1. The van der Waals surface area contributed by atoms with Gasteiger partial charge in [0, 0.05) is 20.1 Å². The first-order valence-corrected chi connectivity index (χ1v) is 13.0. The smallest absolute Gasteiger partial charge is 0.322 e. The van der Waals surface area contributed by atoms with Crippen molar-refractivity contribution < 1.29 is 28.5 Å². The second kappa shape index (κ2) is 11.5. The Bertz CT molecular complexity index is 1330. The van der Waals surface area contributed by atoms with E-state index in [0.29, 0.717) is 29.4 Å². The summed E-state index contributed by atoms with van der Waals surface area (Å²) in [5.41, 5.74) is 2.20. The molecule has 0 bridgehead atoms. The first kappa shape index (κ1) is 25.6. The minimum absolute atomic E-state index is 0.165. The van der Waals surface area contributed by atoms with Crippen LogP contribution in [0.2, 0.25) is 0 Å². The van der Waals surface area contributed by atoms with Gasteiger partial charge in [0.15, 0.2) is 11.5 Å². The number of hydrazone groups is 1. The number of hydrogen-bond acceptors (Lipinski definition) is 8. The van der Waals surface area contributed by atoms with Gasteiger partial charge in [0.05, 0.1) is 36.0 Å². The molecular weight excluding hydrogens is 508 g/mol. The number of ether oxygens (including phenoxy) is 4. The molecule has 1 atom stereocenters. The van der Waals surface area contributed by atoms with Gasteiger partial charge in [0.25, 0.3) is 5.91 Å². The predicted molar refractivity (Wildman–Crippen MR) is 143 cm³/mol. The van der Waals surface area contributed by atoms with Gasteiger partial charge in [0.1, 0.15) is 12.3 Å². The summed E-state index contributed by atoms with van der Waals surface area (Å²) in [4.78, 5) is 29.4. The van der Waals surface area contributed by atoms with Gasteiger partial charge >= 0.3 is 6.03 Å². The van der Waals surface area contributed by atoms with Crippen LogP contribution in [0.5, 0.6) is 17.2 Å². The van der Waals surface area contributed by atoms with Crippen LogP contribution in [0.15, 0.2) is 65.1 Å². The number of nitrogens with zero attached hydrogens (tertiary/aromatic N) is 3. The van der Waals surface area contributed by atoms with Crippen LogP contribution in [0.3, 0.4) is 0 Å². The van der Waals surface area contributed by atoms with Crippen molar-refractivity contribution in [3.8, 4) is 17.2 Å². The molecule has 0 saturated heterocycles. The van der Waals surface area contributed by atoms with Gasteiger partial charge in [0.2, 0.25) is 6.79 Å². The molecule has 0 unspecified atom stereocenters. The fraction of sp³-hybridized carbons (Fsp3) is 0.296. The molecule has 10 nitrogen and oxygen atoms in total. The molecule has 11 heteroatoms. The number of methoxy groups -OCH3 is 2. The Hall–Kier alpha value is -4.09. The monoisotopic (exact) mass is 536 g/mol. The molecule has 198 valence electrons.